The van der Waals surface area contributed by atoms with Gasteiger partial charge in [0.2, 0.25) is 0 Å². The number of carbonyl (C=O) groups is 2. The van der Waals surface area contributed by atoms with E-state index in [1.54, 1.807) is 49.0 Å². The third kappa shape index (κ3) is 5.13. The van der Waals surface area contributed by atoms with E-state index in [0.29, 0.717) is 28.7 Å². The Labute approximate surface area is 146 Å². The van der Waals surface area contributed by atoms with E-state index in [2.05, 4.69) is 19.2 Å². The Morgan fingerprint density at radius 2 is 1.79 bits per heavy atom. The minimum absolute atomic E-state index is 0.176. The number of hydrogen-bond donors (Lipinski definition) is 1. The average molecular weight is 343 g/mol. The number of nitrogens with one attached hydrogen (secondary N) is 1. The molecule has 0 radical (unpaired) electrons. The van der Waals surface area contributed by atoms with Gasteiger partial charge in [-0.25, -0.2) is 4.79 Å². The fourth-order valence-corrected chi connectivity index (χ4v) is 2.99. The third-order valence-electron chi connectivity index (χ3n) is 3.12. The van der Waals surface area contributed by atoms with Crippen LogP contribution in [0.25, 0.3) is 0 Å². The second-order valence-corrected chi connectivity index (χ2v) is 7.10. The van der Waals surface area contributed by atoms with Crippen molar-refractivity contribution in [3.63, 3.8) is 0 Å². The molecule has 24 heavy (non-hydrogen) atoms. The highest BCUT2D eigenvalue weighted by molar-refractivity contribution is 7.99. The molecule has 0 unspecified atom stereocenters. The lowest BCUT2D eigenvalue weighted by atomic mass is 10.2. The SMILES string of the molecule is CCOC(=O)c1ccc(NC(=O)c2cccc(SC(C)C)c2)cc1. The van der Waals surface area contributed by atoms with Crippen LogP contribution in [0.5, 0.6) is 0 Å². The van der Waals surface area contributed by atoms with Crippen LogP contribution in [0.15, 0.2) is 53.4 Å². The molecule has 0 fully saturated rings. The Morgan fingerprint density at radius 3 is 2.42 bits per heavy atom. The Bertz CT molecular complexity index is 711. The maximum atomic E-state index is 12.4. The lowest BCUT2D eigenvalue weighted by Crippen LogP contribution is -2.12. The van der Waals surface area contributed by atoms with Gasteiger partial charge in [0.1, 0.15) is 0 Å². The van der Waals surface area contributed by atoms with Crippen molar-refractivity contribution in [2.75, 3.05) is 11.9 Å². The van der Waals surface area contributed by atoms with Crippen LogP contribution in [-0.2, 0) is 4.74 Å². The van der Waals surface area contributed by atoms with Crippen molar-refractivity contribution >= 4 is 29.3 Å². The highest BCUT2D eigenvalue weighted by Gasteiger charge is 2.10. The van der Waals surface area contributed by atoms with E-state index < -0.39 is 0 Å². The molecule has 126 valence electrons. The van der Waals surface area contributed by atoms with E-state index in [0.717, 1.165) is 4.90 Å². The zero-order chi connectivity index (χ0) is 17.5. The molecule has 0 heterocycles. The molecule has 0 aliphatic heterocycles. The summed E-state index contributed by atoms with van der Waals surface area (Å²) in [6.45, 7) is 6.32. The fraction of sp³-hybridized carbons (Fsp3) is 0.263. The zero-order valence-corrected chi connectivity index (χ0v) is 14.9. The quantitative estimate of drug-likeness (QED) is 0.614. The van der Waals surface area contributed by atoms with Crippen LogP contribution < -0.4 is 5.32 Å². The predicted molar refractivity (Wildman–Crippen MR) is 97.8 cm³/mol. The van der Waals surface area contributed by atoms with Crippen LogP contribution in [0.2, 0.25) is 0 Å². The first-order valence-corrected chi connectivity index (χ1v) is 8.73. The van der Waals surface area contributed by atoms with Crippen LogP contribution in [0.1, 0.15) is 41.5 Å². The van der Waals surface area contributed by atoms with E-state index >= 15 is 0 Å². The molecular formula is C19H21NO3S. The third-order valence-corrected chi connectivity index (χ3v) is 4.12. The molecule has 2 aromatic rings. The van der Waals surface area contributed by atoms with Crippen molar-refractivity contribution in [2.45, 2.75) is 30.9 Å². The summed E-state index contributed by atoms with van der Waals surface area (Å²) >= 11 is 1.71. The molecule has 0 aromatic heterocycles. The van der Waals surface area contributed by atoms with E-state index in [-0.39, 0.29) is 11.9 Å². The number of carbonyl (C=O) groups excluding carboxylic acids is 2. The van der Waals surface area contributed by atoms with Crippen LogP contribution in [0.4, 0.5) is 5.69 Å². The van der Waals surface area contributed by atoms with E-state index in [1.165, 1.54) is 0 Å². The van der Waals surface area contributed by atoms with Crippen molar-refractivity contribution in [3.05, 3.63) is 59.7 Å². The molecule has 0 aliphatic carbocycles. The summed E-state index contributed by atoms with van der Waals surface area (Å²) in [4.78, 5) is 25.0. The van der Waals surface area contributed by atoms with Crippen molar-refractivity contribution in [2.24, 2.45) is 0 Å². The highest BCUT2D eigenvalue weighted by atomic mass is 32.2. The minimum Gasteiger partial charge on any atom is -0.462 e. The first-order valence-electron chi connectivity index (χ1n) is 7.85. The fourth-order valence-electron chi connectivity index (χ4n) is 2.09. The van der Waals surface area contributed by atoms with Crippen LogP contribution in [-0.4, -0.2) is 23.7 Å². The Balaban J connectivity index is 2.05. The molecule has 2 rings (SSSR count). The maximum Gasteiger partial charge on any atom is 0.338 e. The van der Waals surface area contributed by atoms with E-state index in [4.69, 9.17) is 4.74 Å². The zero-order valence-electron chi connectivity index (χ0n) is 14.0. The van der Waals surface area contributed by atoms with E-state index in [1.807, 2.05) is 18.2 Å². The lowest BCUT2D eigenvalue weighted by Gasteiger charge is -2.09. The lowest BCUT2D eigenvalue weighted by molar-refractivity contribution is 0.0526. The molecule has 0 atom stereocenters. The second kappa shape index (κ2) is 8.55. The van der Waals surface area contributed by atoms with Gasteiger partial charge in [-0.2, -0.15) is 0 Å². The molecule has 1 amide bonds. The van der Waals surface area contributed by atoms with Gasteiger partial charge in [0.25, 0.3) is 5.91 Å². The molecular weight excluding hydrogens is 322 g/mol. The summed E-state index contributed by atoms with van der Waals surface area (Å²) < 4.78 is 4.93. The Kier molecular flexibility index (Phi) is 6.44. The van der Waals surface area contributed by atoms with Crippen molar-refractivity contribution < 1.29 is 14.3 Å². The smallest absolute Gasteiger partial charge is 0.338 e. The van der Waals surface area contributed by atoms with Crippen molar-refractivity contribution in [1.82, 2.24) is 0 Å². The summed E-state index contributed by atoms with van der Waals surface area (Å²) in [5.74, 6) is -0.543. The molecule has 5 heteroatoms. The number of anilines is 1. The molecule has 0 spiro atoms. The molecule has 0 bridgehead atoms. The molecule has 0 saturated carbocycles. The summed E-state index contributed by atoms with van der Waals surface area (Å²) in [5.41, 5.74) is 1.70. The molecule has 2 aromatic carbocycles. The summed E-state index contributed by atoms with van der Waals surface area (Å²) in [5, 5.41) is 3.29. The number of rotatable bonds is 6. The number of ether oxygens (including phenoxy) is 1. The highest BCUT2D eigenvalue weighted by Crippen LogP contribution is 2.24. The van der Waals surface area contributed by atoms with Gasteiger partial charge in [-0.15, -0.1) is 11.8 Å². The Hall–Kier alpha value is -2.27. The van der Waals surface area contributed by atoms with Crippen molar-refractivity contribution in [3.8, 4) is 0 Å². The average Bonchev–Trinajstić information content (AvgIpc) is 2.55. The second-order valence-electron chi connectivity index (χ2n) is 5.45. The van der Waals surface area contributed by atoms with Gasteiger partial charge in [0.15, 0.2) is 0 Å². The van der Waals surface area contributed by atoms with Crippen LogP contribution in [0.3, 0.4) is 0 Å². The van der Waals surface area contributed by atoms with Crippen LogP contribution >= 0.6 is 11.8 Å². The van der Waals surface area contributed by atoms with Gasteiger partial charge in [0.05, 0.1) is 12.2 Å². The van der Waals surface area contributed by atoms with Crippen molar-refractivity contribution in [1.29, 1.82) is 0 Å². The standard InChI is InChI=1S/C19H21NO3S/c1-4-23-19(22)14-8-10-16(11-9-14)20-18(21)15-6-5-7-17(12-15)24-13(2)3/h5-13H,4H2,1-3H3,(H,20,21). The largest absolute Gasteiger partial charge is 0.462 e. The van der Waals surface area contributed by atoms with Gasteiger partial charge in [-0.1, -0.05) is 19.9 Å². The van der Waals surface area contributed by atoms with Gasteiger partial charge < -0.3 is 10.1 Å². The van der Waals surface area contributed by atoms with Gasteiger partial charge >= 0.3 is 5.97 Å². The molecule has 4 nitrogen and oxygen atoms in total. The first-order chi connectivity index (χ1) is 11.5. The number of esters is 1. The summed E-state index contributed by atoms with van der Waals surface area (Å²) in [6.07, 6.45) is 0. The van der Waals surface area contributed by atoms with Gasteiger partial charge in [-0.05, 0) is 49.4 Å². The molecule has 1 N–H and O–H groups in total. The first kappa shape index (κ1) is 18.1. The monoisotopic (exact) mass is 343 g/mol. The topological polar surface area (TPSA) is 55.4 Å². The number of benzene rings is 2. The minimum atomic E-state index is -0.367. The van der Waals surface area contributed by atoms with Gasteiger partial charge in [-0.3, -0.25) is 4.79 Å². The number of thioether (sulfide) groups is 1. The van der Waals surface area contributed by atoms with Gasteiger partial charge in [0, 0.05) is 21.4 Å². The molecule has 0 aliphatic rings. The summed E-state index contributed by atoms with van der Waals surface area (Å²) in [7, 11) is 0. The normalized spacial score (nSPS) is 10.5. The number of amides is 1. The predicted octanol–water partition coefficient (Wildman–Crippen LogP) is 4.62. The Morgan fingerprint density at radius 1 is 1.08 bits per heavy atom. The maximum absolute atomic E-state index is 12.4. The van der Waals surface area contributed by atoms with E-state index in [9.17, 15) is 9.59 Å². The molecule has 0 saturated heterocycles. The number of hydrogen-bond acceptors (Lipinski definition) is 4. The summed E-state index contributed by atoms with van der Waals surface area (Å²) in [6, 6.07) is 14.2. The van der Waals surface area contributed by atoms with Crippen LogP contribution in [0, 0.1) is 0 Å².